The molecule has 1 aromatic heterocycles. The Labute approximate surface area is 162 Å². The van der Waals surface area contributed by atoms with E-state index in [-0.39, 0.29) is 18.3 Å². The number of rotatable bonds is 6. The zero-order valence-electron chi connectivity index (χ0n) is 14.2. The molecule has 0 bridgehead atoms. The summed E-state index contributed by atoms with van der Waals surface area (Å²) in [5, 5.41) is 5.43. The number of aromatic nitrogens is 1. The lowest BCUT2D eigenvalue weighted by molar-refractivity contribution is 0.0995. The molecule has 1 aliphatic rings. The molecule has 2 amide bonds. The Balaban J connectivity index is 0.00000243. The molecule has 1 fully saturated rings. The Hall–Kier alpha value is -2.16. The Bertz CT molecular complexity index is 789. The van der Waals surface area contributed by atoms with Gasteiger partial charge in [0.1, 0.15) is 5.69 Å². The zero-order chi connectivity index (χ0) is 17.8. The van der Waals surface area contributed by atoms with Crippen LogP contribution in [-0.2, 0) is 6.42 Å². The van der Waals surface area contributed by atoms with Crippen LogP contribution < -0.4 is 21.7 Å². The van der Waals surface area contributed by atoms with Gasteiger partial charge < -0.3 is 21.7 Å². The van der Waals surface area contributed by atoms with Gasteiger partial charge in [0.25, 0.3) is 5.91 Å². The van der Waals surface area contributed by atoms with Crippen LogP contribution in [0.5, 0.6) is 0 Å². The first kappa shape index (κ1) is 20.2. The molecule has 0 atom stereocenters. The normalized spacial score (nSPS) is 13.3. The van der Waals surface area contributed by atoms with Crippen LogP contribution in [0, 0.1) is 0 Å². The van der Waals surface area contributed by atoms with E-state index in [0.717, 1.165) is 36.6 Å². The van der Waals surface area contributed by atoms with Gasteiger partial charge in [-0.05, 0) is 37.6 Å². The Morgan fingerprint density at radius 2 is 2.00 bits per heavy atom. The highest BCUT2D eigenvalue weighted by Gasteiger charge is 2.19. The van der Waals surface area contributed by atoms with Crippen molar-refractivity contribution in [3.63, 3.8) is 0 Å². The van der Waals surface area contributed by atoms with E-state index < -0.39 is 5.91 Å². The standard InChI is InChI=1S/C17H21N5O2S.ClH/c18-6-5-15-20-13(10-25-15)17(24)21-12-9-11(16(19)23)3-4-14(12)22-7-1-2-8-22;/h3-4,9-10H,1-2,5-8,18H2,(H2,19,23)(H,21,24);1H. The minimum Gasteiger partial charge on any atom is -0.370 e. The summed E-state index contributed by atoms with van der Waals surface area (Å²) >= 11 is 1.41. The Morgan fingerprint density at radius 1 is 1.27 bits per heavy atom. The summed E-state index contributed by atoms with van der Waals surface area (Å²) in [5.74, 6) is -0.830. The largest absolute Gasteiger partial charge is 0.370 e. The van der Waals surface area contributed by atoms with Gasteiger partial charge in [-0.1, -0.05) is 0 Å². The van der Waals surface area contributed by atoms with Gasteiger partial charge in [0.15, 0.2) is 0 Å². The van der Waals surface area contributed by atoms with Gasteiger partial charge in [0, 0.05) is 30.5 Å². The lowest BCUT2D eigenvalue weighted by Crippen LogP contribution is -2.22. The molecule has 5 N–H and O–H groups in total. The fraction of sp³-hybridized carbons (Fsp3) is 0.353. The molecule has 0 saturated carbocycles. The predicted octanol–water partition coefficient (Wildman–Crippen LogP) is 2.02. The number of carbonyl (C=O) groups excluding carboxylic acids is 2. The molecule has 7 nitrogen and oxygen atoms in total. The number of carbonyl (C=O) groups is 2. The van der Waals surface area contributed by atoms with Gasteiger partial charge in [-0.3, -0.25) is 9.59 Å². The third-order valence-corrected chi connectivity index (χ3v) is 5.03. The number of amides is 2. The average Bonchev–Trinajstić information content (AvgIpc) is 3.26. The van der Waals surface area contributed by atoms with Crippen molar-refractivity contribution < 1.29 is 9.59 Å². The van der Waals surface area contributed by atoms with Gasteiger partial charge in [-0.15, -0.1) is 23.7 Å². The maximum absolute atomic E-state index is 12.5. The topological polar surface area (TPSA) is 114 Å². The zero-order valence-corrected chi connectivity index (χ0v) is 15.9. The molecule has 3 rings (SSSR count). The first-order valence-corrected chi connectivity index (χ1v) is 9.11. The molecule has 0 unspecified atom stereocenters. The fourth-order valence-electron chi connectivity index (χ4n) is 2.86. The molecular formula is C17H22ClN5O2S. The van der Waals surface area contributed by atoms with Crippen LogP contribution in [-0.4, -0.2) is 36.4 Å². The summed E-state index contributed by atoms with van der Waals surface area (Å²) in [6.07, 6.45) is 2.87. The number of thiazole rings is 1. The summed E-state index contributed by atoms with van der Waals surface area (Å²) in [5.41, 5.74) is 13.1. The number of hydrogen-bond donors (Lipinski definition) is 3. The fourth-order valence-corrected chi connectivity index (χ4v) is 3.66. The van der Waals surface area contributed by atoms with Crippen molar-refractivity contribution in [3.05, 3.63) is 39.8 Å². The minimum absolute atomic E-state index is 0. The molecule has 1 aliphatic heterocycles. The Morgan fingerprint density at radius 3 is 2.65 bits per heavy atom. The van der Waals surface area contributed by atoms with Crippen LogP contribution in [0.25, 0.3) is 0 Å². The molecule has 9 heteroatoms. The number of halogens is 1. The predicted molar refractivity (Wildman–Crippen MR) is 106 cm³/mol. The molecule has 2 aromatic rings. The summed E-state index contributed by atoms with van der Waals surface area (Å²) in [4.78, 5) is 30.5. The third kappa shape index (κ3) is 4.51. The second-order valence-electron chi connectivity index (χ2n) is 5.91. The number of nitrogens with zero attached hydrogens (tertiary/aromatic N) is 2. The molecule has 1 saturated heterocycles. The van der Waals surface area contributed by atoms with Crippen LogP contribution in [0.3, 0.4) is 0 Å². The monoisotopic (exact) mass is 395 g/mol. The highest BCUT2D eigenvalue weighted by atomic mass is 35.5. The molecular weight excluding hydrogens is 374 g/mol. The molecule has 2 heterocycles. The highest BCUT2D eigenvalue weighted by Crippen LogP contribution is 2.30. The van der Waals surface area contributed by atoms with E-state index in [1.807, 2.05) is 6.07 Å². The van der Waals surface area contributed by atoms with Gasteiger partial charge in [0.05, 0.1) is 16.4 Å². The van der Waals surface area contributed by atoms with E-state index in [1.54, 1.807) is 17.5 Å². The maximum atomic E-state index is 12.5. The number of primary amides is 1. The number of benzene rings is 1. The first-order valence-electron chi connectivity index (χ1n) is 8.23. The smallest absolute Gasteiger partial charge is 0.275 e. The van der Waals surface area contributed by atoms with Crippen LogP contribution in [0.2, 0.25) is 0 Å². The van der Waals surface area contributed by atoms with Crippen LogP contribution in [0.15, 0.2) is 23.6 Å². The summed E-state index contributed by atoms with van der Waals surface area (Å²) in [6.45, 7) is 2.35. The molecule has 26 heavy (non-hydrogen) atoms. The molecule has 1 aromatic carbocycles. The van der Waals surface area contributed by atoms with Crippen LogP contribution in [0.4, 0.5) is 11.4 Å². The first-order chi connectivity index (χ1) is 12.1. The lowest BCUT2D eigenvalue weighted by Gasteiger charge is -2.22. The van der Waals surface area contributed by atoms with Crippen molar-refractivity contribution in [2.24, 2.45) is 11.5 Å². The summed E-state index contributed by atoms with van der Waals surface area (Å²) < 4.78 is 0. The van der Waals surface area contributed by atoms with Gasteiger partial charge in [-0.25, -0.2) is 4.98 Å². The van der Waals surface area contributed by atoms with E-state index in [9.17, 15) is 9.59 Å². The Kier molecular flexibility index (Phi) is 6.96. The van der Waals surface area contributed by atoms with Crippen molar-refractivity contribution in [2.45, 2.75) is 19.3 Å². The minimum atomic E-state index is -0.526. The van der Waals surface area contributed by atoms with Crippen molar-refractivity contribution in [1.29, 1.82) is 0 Å². The quantitative estimate of drug-likeness (QED) is 0.692. The average molecular weight is 396 g/mol. The second-order valence-corrected chi connectivity index (χ2v) is 6.85. The van der Waals surface area contributed by atoms with E-state index in [2.05, 4.69) is 15.2 Å². The molecule has 140 valence electrons. The second kappa shape index (κ2) is 8.98. The number of nitrogens with one attached hydrogen (secondary N) is 1. The number of anilines is 2. The SMILES string of the molecule is Cl.NCCc1nc(C(=O)Nc2cc(C(N)=O)ccc2N2CCCC2)cs1. The van der Waals surface area contributed by atoms with E-state index in [4.69, 9.17) is 11.5 Å². The van der Waals surface area contributed by atoms with Gasteiger partial charge in [-0.2, -0.15) is 0 Å². The lowest BCUT2D eigenvalue weighted by atomic mass is 10.1. The maximum Gasteiger partial charge on any atom is 0.275 e. The number of nitrogens with two attached hydrogens (primary N) is 2. The van der Waals surface area contributed by atoms with Gasteiger partial charge in [0.2, 0.25) is 5.91 Å². The highest BCUT2D eigenvalue weighted by molar-refractivity contribution is 7.09. The molecule has 0 radical (unpaired) electrons. The number of hydrogen-bond acceptors (Lipinski definition) is 6. The summed E-state index contributed by atoms with van der Waals surface area (Å²) in [7, 11) is 0. The van der Waals surface area contributed by atoms with Crippen molar-refractivity contribution in [3.8, 4) is 0 Å². The van der Waals surface area contributed by atoms with E-state index >= 15 is 0 Å². The van der Waals surface area contributed by atoms with E-state index in [1.165, 1.54) is 11.3 Å². The molecule has 0 spiro atoms. The molecule has 0 aliphatic carbocycles. The van der Waals surface area contributed by atoms with Crippen LogP contribution >= 0.6 is 23.7 Å². The summed E-state index contributed by atoms with van der Waals surface area (Å²) in [6, 6.07) is 5.15. The van der Waals surface area contributed by atoms with E-state index in [0.29, 0.717) is 29.9 Å². The van der Waals surface area contributed by atoms with Gasteiger partial charge >= 0.3 is 0 Å². The van der Waals surface area contributed by atoms with Crippen LogP contribution in [0.1, 0.15) is 38.7 Å². The van der Waals surface area contributed by atoms with Crippen molar-refractivity contribution in [1.82, 2.24) is 4.98 Å². The van der Waals surface area contributed by atoms with Crippen molar-refractivity contribution in [2.75, 3.05) is 29.9 Å². The van der Waals surface area contributed by atoms with Crippen molar-refractivity contribution >= 4 is 46.9 Å². The third-order valence-electron chi connectivity index (χ3n) is 4.12.